The Hall–Kier alpha value is -1.80. The molecule has 0 unspecified atom stereocenters. The predicted molar refractivity (Wildman–Crippen MR) is 108 cm³/mol. The molecule has 2 aromatic rings. The molecule has 27 heavy (non-hydrogen) atoms. The average molecular weight is 392 g/mol. The second-order valence-electron chi connectivity index (χ2n) is 6.77. The van der Waals surface area contributed by atoms with Gasteiger partial charge in [0.1, 0.15) is 0 Å². The van der Waals surface area contributed by atoms with E-state index in [0.717, 1.165) is 73.3 Å². The SMILES string of the molecule is CCOCCn1cc2c(n1)CCc1c(C(=O)NCCCCCCS)n[nH]c1-2. The zero-order chi connectivity index (χ0) is 19.1. The quantitative estimate of drug-likeness (QED) is 0.406. The van der Waals surface area contributed by atoms with Crippen molar-refractivity contribution >= 4 is 18.5 Å². The number of hydrogen-bond acceptors (Lipinski definition) is 5. The Kier molecular flexibility index (Phi) is 7.34. The van der Waals surface area contributed by atoms with Crippen LogP contribution in [0, 0.1) is 0 Å². The summed E-state index contributed by atoms with van der Waals surface area (Å²) in [5, 5.41) is 15.0. The lowest BCUT2D eigenvalue weighted by molar-refractivity contribution is 0.0947. The summed E-state index contributed by atoms with van der Waals surface area (Å²) in [6, 6.07) is 0. The molecule has 0 saturated heterocycles. The number of aromatic nitrogens is 4. The number of carbonyl (C=O) groups is 1. The monoisotopic (exact) mass is 391 g/mol. The van der Waals surface area contributed by atoms with Crippen molar-refractivity contribution in [3.63, 3.8) is 0 Å². The van der Waals surface area contributed by atoms with Gasteiger partial charge in [0.25, 0.3) is 5.91 Å². The van der Waals surface area contributed by atoms with Gasteiger partial charge in [-0.2, -0.15) is 22.8 Å². The molecule has 7 nitrogen and oxygen atoms in total. The minimum Gasteiger partial charge on any atom is -0.380 e. The van der Waals surface area contributed by atoms with Crippen LogP contribution in [0.3, 0.4) is 0 Å². The van der Waals surface area contributed by atoms with E-state index in [1.165, 1.54) is 0 Å². The molecule has 1 aliphatic rings. The fraction of sp³-hybridized carbons (Fsp3) is 0.632. The molecule has 8 heteroatoms. The van der Waals surface area contributed by atoms with Gasteiger partial charge in [-0.25, -0.2) is 0 Å². The highest BCUT2D eigenvalue weighted by Crippen LogP contribution is 2.32. The van der Waals surface area contributed by atoms with E-state index in [1.807, 2.05) is 17.8 Å². The number of fused-ring (bicyclic) bond motifs is 3. The number of H-pyrrole nitrogens is 1. The fourth-order valence-electron chi connectivity index (χ4n) is 3.41. The second kappa shape index (κ2) is 9.94. The van der Waals surface area contributed by atoms with E-state index in [1.54, 1.807) is 0 Å². The van der Waals surface area contributed by atoms with Gasteiger partial charge in [-0.05, 0) is 38.4 Å². The molecule has 3 rings (SSSR count). The normalized spacial score (nSPS) is 12.7. The molecule has 2 heterocycles. The van der Waals surface area contributed by atoms with Crippen LogP contribution in [0.4, 0.5) is 0 Å². The Bertz CT molecular complexity index is 755. The first-order valence-electron chi connectivity index (χ1n) is 9.85. The van der Waals surface area contributed by atoms with Crippen molar-refractivity contribution in [2.75, 3.05) is 25.5 Å². The standard InChI is InChI=1S/C19H29N5O2S/c1-2-26-11-10-24-13-15-16(23-24)8-7-14-17(15)21-22-18(14)19(25)20-9-5-3-4-6-12-27/h13,27H,2-12H2,1H3,(H,20,25)(H,21,22). The van der Waals surface area contributed by atoms with Crippen LogP contribution in [0.1, 0.15) is 54.4 Å². The Morgan fingerprint density at radius 3 is 3.00 bits per heavy atom. The molecule has 0 aromatic carbocycles. The number of rotatable bonds is 11. The first-order valence-corrected chi connectivity index (χ1v) is 10.5. The molecule has 0 fully saturated rings. The minimum atomic E-state index is -0.0890. The van der Waals surface area contributed by atoms with Crippen molar-refractivity contribution in [2.24, 2.45) is 0 Å². The summed E-state index contributed by atoms with van der Waals surface area (Å²) in [4.78, 5) is 12.5. The molecular weight excluding hydrogens is 362 g/mol. The number of hydrogen-bond donors (Lipinski definition) is 3. The zero-order valence-electron chi connectivity index (χ0n) is 16.0. The number of carbonyl (C=O) groups excluding carboxylic acids is 1. The highest BCUT2D eigenvalue weighted by Gasteiger charge is 2.27. The van der Waals surface area contributed by atoms with Crippen molar-refractivity contribution in [3.8, 4) is 11.3 Å². The van der Waals surface area contributed by atoms with Crippen molar-refractivity contribution in [1.29, 1.82) is 0 Å². The Morgan fingerprint density at radius 1 is 1.33 bits per heavy atom. The average Bonchev–Trinajstić information content (AvgIpc) is 3.28. The number of aryl methyl sites for hydroxylation is 1. The van der Waals surface area contributed by atoms with Crippen LogP contribution in [0.25, 0.3) is 11.3 Å². The lowest BCUT2D eigenvalue weighted by Gasteiger charge is -2.11. The van der Waals surface area contributed by atoms with Crippen molar-refractivity contribution in [2.45, 2.75) is 52.0 Å². The molecule has 0 atom stereocenters. The first kappa shape index (κ1) is 19.9. The van der Waals surface area contributed by atoms with Gasteiger partial charge in [0.2, 0.25) is 0 Å². The Balaban J connectivity index is 1.60. The van der Waals surface area contributed by atoms with E-state index in [2.05, 4.69) is 33.2 Å². The Labute approximate surface area is 165 Å². The summed E-state index contributed by atoms with van der Waals surface area (Å²) in [7, 11) is 0. The maximum Gasteiger partial charge on any atom is 0.272 e. The summed E-state index contributed by atoms with van der Waals surface area (Å²) >= 11 is 4.21. The molecule has 148 valence electrons. The molecule has 0 radical (unpaired) electrons. The third kappa shape index (κ3) is 4.93. The highest BCUT2D eigenvalue weighted by molar-refractivity contribution is 7.80. The van der Waals surface area contributed by atoms with Crippen LogP contribution in [-0.2, 0) is 24.1 Å². The second-order valence-corrected chi connectivity index (χ2v) is 7.22. The number of thiol groups is 1. The molecule has 0 aliphatic heterocycles. The first-order chi connectivity index (χ1) is 13.2. The van der Waals surface area contributed by atoms with Gasteiger partial charge in [-0.1, -0.05) is 12.8 Å². The number of nitrogens with zero attached hydrogens (tertiary/aromatic N) is 3. The number of aromatic amines is 1. The molecule has 2 N–H and O–H groups in total. The van der Waals surface area contributed by atoms with E-state index >= 15 is 0 Å². The topological polar surface area (TPSA) is 84.8 Å². The molecule has 2 aromatic heterocycles. The molecule has 0 bridgehead atoms. The van der Waals surface area contributed by atoms with E-state index < -0.39 is 0 Å². The van der Waals surface area contributed by atoms with Crippen LogP contribution >= 0.6 is 12.6 Å². The van der Waals surface area contributed by atoms with Gasteiger partial charge in [-0.15, -0.1) is 0 Å². The fourth-order valence-corrected chi connectivity index (χ4v) is 3.63. The number of amides is 1. The van der Waals surface area contributed by atoms with Crippen LogP contribution in [-0.4, -0.2) is 51.4 Å². The lowest BCUT2D eigenvalue weighted by atomic mass is 9.94. The summed E-state index contributed by atoms with van der Waals surface area (Å²) in [5.74, 6) is 0.838. The third-order valence-electron chi connectivity index (χ3n) is 4.84. The molecule has 1 amide bonds. The summed E-state index contributed by atoms with van der Waals surface area (Å²) in [6.45, 7) is 4.76. The summed E-state index contributed by atoms with van der Waals surface area (Å²) in [5.41, 5.74) is 4.55. The van der Waals surface area contributed by atoms with Gasteiger partial charge in [0.05, 0.1) is 24.5 Å². The van der Waals surface area contributed by atoms with Crippen LogP contribution in [0.15, 0.2) is 6.20 Å². The maximum absolute atomic E-state index is 12.5. The molecule has 0 spiro atoms. The van der Waals surface area contributed by atoms with Crippen molar-refractivity contribution < 1.29 is 9.53 Å². The Morgan fingerprint density at radius 2 is 2.19 bits per heavy atom. The number of nitrogens with one attached hydrogen (secondary N) is 2. The molecule has 1 aliphatic carbocycles. The highest BCUT2D eigenvalue weighted by atomic mass is 32.1. The zero-order valence-corrected chi connectivity index (χ0v) is 16.9. The van der Waals surface area contributed by atoms with Gasteiger partial charge in [0, 0.05) is 30.5 Å². The molecule has 0 saturated carbocycles. The van der Waals surface area contributed by atoms with Crippen LogP contribution < -0.4 is 5.32 Å². The summed E-state index contributed by atoms with van der Waals surface area (Å²) in [6.07, 6.45) is 8.03. The van der Waals surface area contributed by atoms with Crippen LogP contribution in [0.5, 0.6) is 0 Å². The van der Waals surface area contributed by atoms with E-state index in [0.29, 0.717) is 25.5 Å². The third-order valence-corrected chi connectivity index (χ3v) is 5.16. The van der Waals surface area contributed by atoms with Gasteiger partial charge in [-0.3, -0.25) is 14.6 Å². The van der Waals surface area contributed by atoms with E-state index in [-0.39, 0.29) is 5.91 Å². The van der Waals surface area contributed by atoms with Gasteiger partial charge >= 0.3 is 0 Å². The lowest BCUT2D eigenvalue weighted by Crippen LogP contribution is -2.26. The molecular formula is C19H29N5O2S. The number of unbranched alkanes of at least 4 members (excludes halogenated alkanes) is 3. The number of ether oxygens (including phenoxy) is 1. The minimum absolute atomic E-state index is 0.0890. The largest absolute Gasteiger partial charge is 0.380 e. The van der Waals surface area contributed by atoms with E-state index in [4.69, 9.17) is 4.74 Å². The summed E-state index contributed by atoms with van der Waals surface area (Å²) < 4.78 is 7.32. The predicted octanol–water partition coefficient (Wildman–Crippen LogP) is 2.63. The smallest absolute Gasteiger partial charge is 0.272 e. The van der Waals surface area contributed by atoms with Gasteiger partial charge < -0.3 is 10.1 Å². The van der Waals surface area contributed by atoms with E-state index in [9.17, 15) is 4.79 Å². The van der Waals surface area contributed by atoms with Crippen molar-refractivity contribution in [1.82, 2.24) is 25.3 Å². The maximum atomic E-state index is 12.5. The van der Waals surface area contributed by atoms with Crippen LogP contribution in [0.2, 0.25) is 0 Å². The van der Waals surface area contributed by atoms with Gasteiger partial charge in [0.15, 0.2) is 5.69 Å². The van der Waals surface area contributed by atoms with Crippen molar-refractivity contribution in [3.05, 3.63) is 23.1 Å².